The molecule has 1 amide bonds. The van der Waals surface area contributed by atoms with Gasteiger partial charge in [0.15, 0.2) is 6.10 Å². The second-order valence-electron chi connectivity index (χ2n) is 6.39. The third-order valence-electron chi connectivity index (χ3n) is 4.59. The number of benzene rings is 2. The van der Waals surface area contributed by atoms with Gasteiger partial charge in [0.05, 0.1) is 23.2 Å². The lowest BCUT2D eigenvalue weighted by atomic mass is 9.87. The summed E-state index contributed by atoms with van der Waals surface area (Å²) in [5.74, 6) is -0.894. The van der Waals surface area contributed by atoms with Crippen LogP contribution < -0.4 is 5.32 Å². The Morgan fingerprint density at radius 3 is 2.65 bits per heavy atom. The van der Waals surface area contributed by atoms with Crippen molar-refractivity contribution in [3.63, 3.8) is 0 Å². The number of amides is 1. The van der Waals surface area contributed by atoms with Crippen LogP contribution in [0, 0.1) is 11.3 Å². The van der Waals surface area contributed by atoms with Crippen molar-refractivity contribution in [1.29, 1.82) is 5.26 Å². The largest absolute Gasteiger partial charge is 0.449 e. The van der Waals surface area contributed by atoms with Crippen LogP contribution in [0.1, 0.15) is 52.9 Å². The molecule has 0 fully saturated rings. The lowest BCUT2D eigenvalue weighted by Crippen LogP contribution is -2.39. The van der Waals surface area contributed by atoms with Gasteiger partial charge in [0.25, 0.3) is 5.91 Å². The Balaban J connectivity index is 1.61. The molecule has 26 heavy (non-hydrogen) atoms. The fourth-order valence-electron chi connectivity index (χ4n) is 3.16. The van der Waals surface area contributed by atoms with E-state index in [0.717, 1.165) is 24.8 Å². The van der Waals surface area contributed by atoms with Gasteiger partial charge in [-0.15, -0.1) is 0 Å². The lowest BCUT2D eigenvalue weighted by molar-refractivity contribution is -0.130. The molecule has 0 aliphatic heterocycles. The van der Waals surface area contributed by atoms with Crippen molar-refractivity contribution in [3.05, 3.63) is 70.8 Å². The molecule has 2 atom stereocenters. The molecular formula is C21H20N2O3. The summed E-state index contributed by atoms with van der Waals surface area (Å²) >= 11 is 0. The second kappa shape index (κ2) is 7.83. The number of carbonyl (C=O) groups excluding carboxylic acids is 2. The predicted molar refractivity (Wildman–Crippen MR) is 96.3 cm³/mol. The molecule has 1 aliphatic rings. The molecule has 0 unspecified atom stereocenters. The van der Waals surface area contributed by atoms with Gasteiger partial charge in [-0.2, -0.15) is 5.26 Å². The minimum atomic E-state index is -0.896. The Hall–Kier alpha value is -3.13. The van der Waals surface area contributed by atoms with E-state index < -0.39 is 12.1 Å². The Bertz CT molecular complexity index is 852. The monoisotopic (exact) mass is 348 g/mol. The van der Waals surface area contributed by atoms with Gasteiger partial charge in [-0.1, -0.05) is 24.3 Å². The van der Waals surface area contributed by atoms with Crippen LogP contribution in [0.15, 0.2) is 48.5 Å². The minimum absolute atomic E-state index is 0.0523. The fraction of sp³-hybridized carbons (Fsp3) is 0.286. The van der Waals surface area contributed by atoms with Crippen LogP contribution in [0.25, 0.3) is 0 Å². The van der Waals surface area contributed by atoms with Gasteiger partial charge < -0.3 is 10.1 Å². The zero-order valence-corrected chi connectivity index (χ0v) is 14.6. The van der Waals surface area contributed by atoms with E-state index in [1.807, 2.05) is 24.3 Å². The molecule has 0 heterocycles. The maximum atomic E-state index is 12.5. The first-order valence-electron chi connectivity index (χ1n) is 8.68. The highest BCUT2D eigenvalue weighted by molar-refractivity contribution is 5.92. The third-order valence-corrected chi connectivity index (χ3v) is 4.59. The van der Waals surface area contributed by atoms with Crippen molar-refractivity contribution < 1.29 is 14.3 Å². The smallest absolute Gasteiger partial charge is 0.338 e. The van der Waals surface area contributed by atoms with Crippen molar-refractivity contribution in [2.45, 2.75) is 38.3 Å². The van der Waals surface area contributed by atoms with E-state index in [1.165, 1.54) is 17.7 Å². The summed E-state index contributed by atoms with van der Waals surface area (Å²) in [6.45, 7) is 1.56. The number of rotatable bonds is 4. The van der Waals surface area contributed by atoms with Crippen molar-refractivity contribution in [3.8, 4) is 6.07 Å². The second-order valence-corrected chi connectivity index (χ2v) is 6.39. The number of aryl methyl sites for hydroxylation is 1. The van der Waals surface area contributed by atoms with Crippen molar-refractivity contribution in [2.75, 3.05) is 0 Å². The molecule has 1 N–H and O–H groups in total. The van der Waals surface area contributed by atoms with Crippen LogP contribution in [0.2, 0.25) is 0 Å². The number of hydrogen-bond donors (Lipinski definition) is 1. The van der Waals surface area contributed by atoms with Gasteiger partial charge in [0.2, 0.25) is 0 Å². The van der Waals surface area contributed by atoms with Crippen molar-refractivity contribution >= 4 is 11.9 Å². The topological polar surface area (TPSA) is 79.2 Å². The highest BCUT2D eigenvalue weighted by atomic mass is 16.5. The first kappa shape index (κ1) is 17.7. The molecule has 0 saturated heterocycles. The number of fused-ring (bicyclic) bond motifs is 1. The van der Waals surface area contributed by atoms with Gasteiger partial charge in [0.1, 0.15) is 0 Å². The van der Waals surface area contributed by atoms with E-state index in [2.05, 4.69) is 11.4 Å². The maximum Gasteiger partial charge on any atom is 0.338 e. The standard InChI is InChI=1S/C21H20N2O3/c1-14(26-21(25)17-11-9-15(13-22)10-12-17)20(24)23-19-8-4-6-16-5-2-3-7-18(16)19/h2-3,5,7,9-12,14,19H,4,6,8H2,1H3,(H,23,24)/t14-,19+/m0/s1. The molecule has 3 rings (SSSR count). The molecule has 0 spiro atoms. The summed E-state index contributed by atoms with van der Waals surface area (Å²) in [5.41, 5.74) is 3.17. The summed E-state index contributed by atoms with van der Waals surface area (Å²) in [4.78, 5) is 24.6. The highest BCUT2D eigenvalue weighted by Crippen LogP contribution is 2.29. The summed E-state index contributed by atoms with van der Waals surface area (Å²) in [7, 11) is 0. The van der Waals surface area contributed by atoms with Crippen LogP contribution in [-0.2, 0) is 16.0 Å². The molecule has 1 aliphatic carbocycles. The quantitative estimate of drug-likeness (QED) is 0.860. The fourth-order valence-corrected chi connectivity index (χ4v) is 3.16. The van der Waals surface area contributed by atoms with Gasteiger partial charge in [-0.3, -0.25) is 4.79 Å². The van der Waals surface area contributed by atoms with E-state index in [1.54, 1.807) is 19.1 Å². The summed E-state index contributed by atoms with van der Waals surface area (Å²) in [6.07, 6.45) is 2.01. The molecule has 0 saturated carbocycles. The van der Waals surface area contributed by atoms with E-state index in [4.69, 9.17) is 10.00 Å². The number of nitrogens with zero attached hydrogens (tertiary/aromatic N) is 1. The van der Waals surface area contributed by atoms with Gasteiger partial charge >= 0.3 is 5.97 Å². The van der Waals surface area contributed by atoms with Gasteiger partial charge in [-0.25, -0.2) is 4.79 Å². The normalized spacial score (nSPS) is 16.7. The Labute approximate surface area is 152 Å². The number of nitrogens with one attached hydrogen (secondary N) is 1. The maximum absolute atomic E-state index is 12.5. The van der Waals surface area contributed by atoms with Crippen LogP contribution >= 0.6 is 0 Å². The van der Waals surface area contributed by atoms with Crippen molar-refractivity contribution in [1.82, 2.24) is 5.32 Å². The average molecular weight is 348 g/mol. The van der Waals surface area contributed by atoms with E-state index in [9.17, 15) is 9.59 Å². The van der Waals surface area contributed by atoms with Crippen LogP contribution in [0.5, 0.6) is 0 Å². The summed E-state index contributed by atoms with van der Waals surface area (Å²) < 4.78 is 5.27. The van der Waals surface area contributed by atoms with Crippen molar-refractivity contribution in [2.24, 2.45) is 0 Å². The molecule has 5 heteroatoms. The number of carbonyl (C=O) groups is 2. The molecule has 0 radical (unpaired) electrons. The average Bonchev–Trinajstić information content (AvgIpc) is 2.68. The number of hydrogen-bond acceptors (Lipinski definition) is 4. The molecule has 132 valence electrons. The van der Waals surface area contributed by atoms with Gasteiger partial charge in [0, 0.05) is 0 Å². The molecule has 0 aromatic heterocycles. The number of ether oxygens (including phenoxy) is 1. The zero-order valence-electron chi connectivity index (χ0n) is 14.6. The Morgan fingerprint density at radius 1 is 1.19 bits per heavy atom. The molecule has 2 aromatic rings. The van der Waals surface area contributed by atoms with Gasteiger partial charge in [-0.05, 0) is 61.6 Å². The first-order chi connectivity index (χ1) is 12.6. The molecule has 5 nitrogen and oxygen atoms in total. The third kappa shape index (κ3) is 3.92. The van der Waals surface area contributed by atoms with Crippen LogP contribution in [0.4, 0.5) is 0 Å². The Morgan fingerprint density at radius 2 is 1.92 bits per heavy atom. The van der Waals surface area contributed by atoms with E-state index in [0.29, 0.717) is 11.1 Å². The van der Waals surface area contributed by atoms with E-state index >= 15 is 0 Å². The number of esters is 1. The molecular weight excluding hydrogens is 328 g/mol. The van der Waals surface area contributed by atoms with E-state index in [-0.39, 0.29) is 11.9 Å². The lowest BCUT2D eigenvalue weighted by Gasteiger charge is -2.27. The Kier molecular flexibility index (Phi) is 5.33. The molecule has 0 bridgehead atoms. The van der Waals surface area contributed by atoms with Crippen LogP contribution in [-0.4, -0.2) is 18.0 Å². The van der Waals surface area contributed by atoms with Crippen LogP contribution in [0.3, 0.4) is 0 Å². The minimum Gasteiger partial charge on any atom is -0.449 e. The summed E-state index contributed by atoms with van der Waals surface area (Å²) in [6, 6.07) is 16.1. The SMILES string of the molecule is C[C@H](OC(=O)c1ccc(C#N)cc1)C(=O)N[C@@H]1CCCc2ccccc21. The summed E-state index contributed by atoms with van der Waals surface area (Å²) in [5, 5.41) is 11.8. The highest BCUT2D eigenvalue weighted by Gasteiger charge is 2.25. The zero-order chi connectivity index (χ0) is 18.5. The first-order valence-corrected chi connectivity index (χ1v) is 8.68. The number of nitriles is 1. The predicted octanol–water partition coefficient (Wildman–Crippen LogP) is 3.30. The molecule has 2 aromatic carbocycles.